The Morgan fingerprint density at radius 1 is 1.18 bits per heavy atom. The van der Waals surface area contributed by atoms with Gasteiger partial charge in [0.2, 0.25) is 6.79 Å². The number of amides is 3. The zero-order chi connectivity index (χ0) is 19.9. The van der Waals surface area contributed by atoms with Crippen LogP contribution in [0.1, 0.15) is 38.2 Å². The second-order valence-corrected chi connectivity index (χ2v) is 6.94. The maximum absolute atomic E-state index is 11.9. The zero-order valence-corrected chi connectivity index (χ0v) is 15.7. The molecule has 0 aromatic heterocycles. The molecule has 1 aromatic rings. The first-order chi connectivity index (χ1) is 13.5. The Hall–Kier alpha value is -3.03. The number of hydrogen-bond donors (Lipinski definition) is 2. The van der Waals surface area contributed by atoms with Crippen molar-refractivity contribution in [3.63, 3.8) is 0 Å². The molecule has 0 unspecified atom stereocenters. The van der Waals surface area contributed by atoms with Crippen LogP contribution in [-0.4, -0.2) is 37.3 Å². The number of nitrogens with one attached hydrogen (secondary N) is 2. The Balaban J connectivity index is 1.39. The summed E-state index contributed by atoms with van der Waals surface area (Å²) in [7, 11) is 0. The molecule has 0 spiro atoms. The summed E-state index contributed by atoms with van der Waals surface area (Å²) in [5.41, 5.74) is 0.728. The average molecular weight is 388 g/mol. The first-order valence-electron chi connectivity index (χ1n) is 9.36. The number of benzene rings is 1. The van der Waals surface area contributed by atoms with Crippen LogP contribution in [0.5, 0.6) is 11.5 Å². The van der Waals surface area contributed by atoms with E-state index in [1.54, 1.807) is 24.3 Å². The summed E-state index contributed by atoms with van der Waals surface area (Å²) >= 11 is 0. The smallest absolute Gasteiger partial charge is 0.331 e. The number of ether oxygens (including phenoxy) is 3. The second-order valence-electron chi connectivity index (χ2n) is 6.94. The molecule has 8 heteroatoms. The van der Waals surface area contributed by atoms with Gasteiger partial charge in [-0.25, -0.2) is 9.59 Å². The van der Waals surface area contributed by atoms with Crippen LogP contribution in [-0.2, 0) is 14.3 Å². The van der Waals surface area contributed by atoms with Crippen LogP contribution < -0.4 is 20.1 Å². The van der Waals surface area contributed by atoms with E-state index in [0.29, 0.717) is 17.4 Å². The highest BCUT2D eigenvalue weighted by Crippen LogP contribution is 2.32. The maximum atomic E-state index is 11.9. The molecule has 1 fully saturated rings. The minimum Gasteiger partial charge on any atom is -0.454 e. The third kappa shape index (κ3) is 5.48. The first kappa shape index (κ1) is 19.7. The van der Waals surface area contributed by atoms with Crippen molar-refractivity contribution < 1.29 is 28.6 Å². The summed E-state index contributed by atoms with van der Waals surface area (Å²) in [6.45, 7) is 1.73. The molecule has 2 atom stereocenters. The summed E-state index contributed by atoms with van der Waals surface area (Å²) in [6, 6.07) is 4.74. The van der Waals surface area contributed by atoms with E-state index < -0.39 is 24.5 Å². The van der Waals surface area contributed by atoms with Crippen molar-refractivity contribution in [2.75, 3.05) is 13.4 Å². The van der Waals surface area contributed by atoms with Gasteiger partial charge in [0.15, 0.2) is 18.1 Å². The topological polar surface area (TPSA) is 103 Å². The number of carbonyl (C=O) groups excluding carboxylic acids is 3. The molecule has 1 saturated carbocycles. The zero-order valence-electron chi connectivity index (χ0n) is 15.7. The van der Waals surface area contributed by atoms with Crippen LogP contribution in [0, 0.1) is 5.92 Å². The molecule has 1 heterocycles. The van der Waals surface area contributed by atoms with E-state index in [9.17, 15) is 14.4 Å². The highest BCUT2D eigenvalue weighted by Gasteiger charge is 2.23. The van der Waals surface area contributed by atoms with Crippen LogP contribution in [0.25, 0.3) is 6.08 Å². The highest BCUT2D eigenvalue weighted by molar-refractivity contribution is 5.96. The maximum Gasteiger partial charge on any atom is 0.331 e. The van der Waals surface area contributed by atoms with E-state index in [4.69, 9.17) is 14.2 Å². The lowest BCUT2D eigenvalue weighted by molar-refractivity contribution is -0.143. The lowest BCUT2D eigenvalue weighted by atomic mass is 9.86. The van der Waals surface area contributed by atoms with Gasteiger partial charge in [-0.2, -0.15) is 0 Å². The summed E-state index contributed by atoms with van der Waals surface area (Å²) < 4.78 is 15.3. The molecule has 2 aliphatic rings. The van der Waals surface area contributed by atoms with Crippen LogP contribution in [0.15, 0.2) is 24.3 Å². The van der Waals surface area contributed by atoms with Gasteiger partial charge in [0, 0.05) is 12.1 Å². The van der Waals surface area contributed by atoms with Crippen molar-refractivity contribution >= 4 is 24.0 Å². The van der Waals surface area contributed by atoms with Gasteiger partial charge in [0.25, 0.3) is 5.91 Å². The van der Waals surface area contributed by atoms with Crippen molar-refractivity contribution in [2.24, 2.45) is 5.92 Å². The summed E-state index contributed by atoms with van der Waals surface area (Å²) in [5.74, 6) is 0.277. The van der Waals surface area contributed by atoms with E-state index in [1.807, 2.05) is 0 Å². The van der Waals surface area contributed by atoms with E-state index in [2.05, 4.69) is 17.6 Å². The van der Waals surface area contributed by atoms with E-state index in [-0.39, 0.29) is 12.8 Å². The minimum atomic E-state index is -0.686. The Kier molecular flexibility index (Phi) is 6.52. The molecule has 1 aliphatic heterocycles. The molecule has 8 nitrogen and oxygen atoms in total. The molecular formula is C20H24N2O6. The minimum absolute atomic E-state index is 0.0636. The van der Waals surface area contributed by atoms with Crippen LogP contribution in [0.4, 0.5) is 4.79 Å². The monoisotopic (exact) mass is 388 g/mol. The van der Waals surface area contributed by atoms with Gasteiger partial charge in [-0.3, -0.25) is 10.1 Å². The van der Waals surface area contributed by atoms with Crippen molar-refractivity contribution in [2.45, 2.75) is 38.6 Å². The van der Waals surface area contributed by atoms with E-state index >= 15 is 0 Å². The van der Waals surface area contributed by atoms with Crippen molar-refractivity contribution in [3.8, 4) is 11.5 Å². The Morgan fingerprint density at radius 2 is 1.96 bits per heavy atom. The van der Waals surface area contributed by atoms with Crippen molar-refractivity contribution in [1.82, 2.24) is 10.6 Å². The molecule has 0 saturated heterocycles. The molecule has 1 aromatic carbocycles. The molecular weight excluding hydrogens is 364 g/mol. The summed E-state index contributed by atoms with van der Waals surface area (Å²) in [4.78, 5) is 35.4. The lowest BCUT2D eigenvalue weighted by Gasteiger charge is -2.29. The molecule has 3 amide bonds. The molecule has 0 radical (unpaired) electrons. The van der Waals surface area contributed by atoms with Gasteiger partial charge in [-0.1, -0.05) is 25.8 Å². The number of carbonyl (C=O) groups is 3. The second kappa shape index (κ2) is 9.25. The van der Waals surface area contributed by atoms with Crippen molar-refractivity contribution in [3.05, 3.63) is 29.8 Å². The molecule has 28 heavy (non-hydrogen) atoms. The number of urea groups is 1. The van der Waals surface area contributed by atoms with Gasteiger partial charge < -0.3 is 19.5 Å². The van der Waals surface area contributed by atoms with E-state index in [0.717, 1.165) is 31.2 Å². The number of esters is 1. The van der Waals surface area contributed by atoms with Gasteiger partial charge in [-0.15, -0.1) is 0 Å². The van der Waals surface area contributed by atoms with Gasteiger partial charge in [0.1, 0.15) is 0 Å². The first-order valence-corrected chi connectivity index (χ1v) is 9.36. The number of imide groups is 1. The fraction of sp³-hybridized carbons (Fsp3) is 0.450. The SMILES string of the molecule is C[C@@H]1CCCC[C@@H]1NC(=O)NC(=O)COC(=O)/C=C/c1ccc2c(c1)OCO2. The Bertz CT molecular complexity index is 776. The third-order valence-electron chi connectivity index (χ3n) is 4.83. The summed E-state index contributed by atoms with van der Waals surface area (Å²) in [6.07, 6.45) is 6.94. The molecule has 0 bridgehead atoms. The molecule has 1 aliphatic carbocycles. The molecule has 150 valence electrons. The number of hydrogen-bond acceptors (Lipinski definition) is 6. The predicted octanol–water partition coefficient (Wildman–Crippen LogP) is 2.38. The van der Waals surface area contributed by atoms with Gasteiger partial charge in [0.05, 0.1) is 0 Å². The standard InChI is InChI=1S/C20H24N2O6/c1-13-4-2-3-5-15(13)21-20(25)22-18(23)11-26-19(24)9-7-14-6-8-16-17(10-14)28-12-27-16/h6-10,13,15H,2-5,11-12H2,1H3,(H2,21,22,23,25)/b9-7+/t13-,15+/m1/s1. The van der Waals surface area contributed by atoms with Gasteiger partial charge >= 0.3 is 12.0 Å². The number of rotatable bonds is 5. The average Bonchev–Trinajstić information content (AvgIpc) is 3.14. The van der Waals surface area contributed by atoms with Crippen LogP contribution in [0.2, 0.25) is 0 Å². The highest BCUT2D eigenvalue weighted by atomic mass is 16.7. The normalized spacial score (nSPS) is 20.6. The largest absolute Gasteiger partial charge is 0.454 e. The van der Waals surface area contributed by atoms with Crippen LogP contribution >= 0.6 is 0 Å². The Morgan fingerprint density at radius 3 is 2.79 bits per heavy atom. The molecule has 3 rings (SSSR count). The molecule has 2 N–H and O–H groups in total. The third-order valence-corrected chi connectivity index (χ3v) is 4.83. The van der Waals surface area contributed by atoms with Crippen molar-refractivity contribution in [1.29, 1.82) is 0 Å². The summed E-state index contributed by atoms with van der Waals surface area (Å²) in [5, 5.41) is 4.99. The fourth-order valence-electron chi connectivity index (χ4n) is 3.26. The lowest BCUT2D eigenvalue weighted by Crippen LogP contribution is -2.48. The van der Waals surface area contributed by atoms with Crippen LogP contribution in [0.3, 0.4) is 0 Å². The number of fused-ring (bicyclic) bond motifs is 1. The van der Waals surface area contributed by atoms with Gasteiger partial charge in [-0.05, 0) is 42.5 Å². The fourth-order valence-corrected chi connectivity index (χ4v) is 3.26. The quantitative estimate of drug-likeness (QED) is 0.593. The Labute approximate surface area is 163 Å². The van der Waals surface area contributed by atoms with E-state index in [1.165, 1.54) is 6.08 Å². The predicted molar refractivity (Wildman–Crippen MR) is 101 cm³/mol.